The number of hydrogen-bond donors (Lipinski definition) is 0. The smallest absolute Gasteiger partial charge is 0.272 e. The average molecular weight is 387 g/mol. The summed E-state index contributed by atoms with van der Waals surface area (Å²) in [4.78, 5) is 23.0. The van der Waals surface area contributed by atoms with E-state index in [2.05, 4.69) is 9.97 Å². The number of nitrogens with zero attached hydrogens (tertiary/aromatic N) is 4. The van der Waals surface area contributed by atoms with Crippen LogP contribution >= 0.6 is 11.6 Å². The van der Waals surface area contributed by atoms with E-state index in [1.165, 1.54) is 12.1 Å². The minimum Gasteiger partial charge on any atom is -0.370 e. The molecular weight excluding hydrogens is 371 g/mol. The number of carbonyl (C=O) groups is 1. The van der Waals surface area contributed by atoms with Crippen LogP contribution in [0, 0.1) is 5.82 Å². The molecule has 3 heterocycles. The molecule has 6 nitrogen and oxygen atoms in total. The molecule has 8 heteroatoms. The van der Waals surface area contributed by atoms with Gasteiger partial charge in [0.1, 0.15) is 29.8 Å². The Morgan fingerprint density at radius 1 is 1.30 bits per heavy atom. The number of morpholine rings is 1. The van der Waals surface area contributed by atoms with Crippen molar-refractivity contribution in [2.75, 3.05) is 19.7 Å². The molecule has 138 valence electrons. The molecule has 1 aliphatic heterocycles. The maximum atomic E-state index is 13.3. The number of imidazole rings is 1. The molecule has 27 heavy (non-hydrogen) atoms. The quantitative estimate of drug-likeness (QED) is 0.693. The fourth-order valence-corrected chi connectivity index (χ4v) is 3.32. The van der Waals surface area contributed by atoms with Gasteiger partial charge in [0.05, 0.1) is 13.2 Å². The van der Waals surface area contributed by atoms with Gasteiger partial charge in [-0.25, -0.2) is 14.4 Å². The maximum absolute atomic E-state index is 13.3. The van der Waals surface area contributed by atoms with Gasteiger partial charge in [-0.05, 0) is 24.3 Å². The van der Waals surface area contributed by atoms with E-state index in [4.69, 9.17) is 16.3 Å². The van der Waals surface area contributed by atoms with Crippen molar-refractivity contribution in [3.8, 4) is 5.82 Å². The second-order valence-corrected chi connectivity index (χ2v) is 6.53. The van der Waals surface area contributed by atoms with Crippen LogP contribution in [0.2, 0.25) is 5.02 Å². The first kappa shape index (κ1) is 17.6. The van der Waals surface area contributed by atoms with Crippen molar-refractivity contribution in [1.82, 2.24) is 19.4 Å². The maximum Gasteiger partial charge on any atom is 0.272 e. The van der Waals surface area contributed by atoms with Crippen molar-refractivity contribution >= 4 is 17.5 Å². The van der Waals surface area contributed by atoms with Crippen LogP contribution in [0.25, 0.3) is 5.82 Å². The highest BCUT2D eigenvalue weighted by molar-refractivity contribution is 6.31. The third-order valence-electron chi connectivity index (χ3n) is 4.39. The number of halogens is 2. The zero-order valence-electron chi connectivity index (χ0n) is 14.3. The van der Waals surface area contributed by atoms with Crippen LogP contribution in [0.15, 0.2) is 55.1 Å². The minimum atomic E-state index is -0.410. The van der Waals surface area contributed by atoms with E-state index in [1.807, 2.05) is 0 Å². The summed E-state index contributed by atoms with van der Waals surface area (Å²) >= 11 is 6.14. The Morgan fingerprint density at radius 2 is 2.19 bits per heavy atom. The first-order chi connectivity index (χ1) is 13.1. The third kappa shape index (κ3) is 3.70. The minimum absolute atomic E-state index is 0.191. The fraction of sp³-hybridized carbons (Fsp3) is 0.211. The van der Waals surface area contributed by atoms with Crippen LogP contribution in [0.5, 0.6) is 0 Å². The summed E-state index contributed by atoms with van der Waals surface area (Å²) in [5.74, 6) is 0.0150. The number of aromatic nitrogens is 3. The molecule has 1 amide bonds. The van der Waals surface area contributed by atoms with Gasteiger partial charge in [0.25, 0.3) is 5.91 Å². The Morgan fingerprint density at radius 3 is 2.96 bits per heavy atom. The zero-order valence-corrected chi connectivity index (χ0v) is 15.0. The predicted molar refractivity (Wildman–Crippen MR) is 97.4 cm³/mol. The Balaban J connectivity index is 1.54. The lowest BCUT2D eigenvalue weighted by molar-refractivity contribution is -0.0230. The molecule has 1 atom stereocenters. The Hall–Kier alpha value is -2.77. The molecule has 2 aromatic heterocycles. The third-order valence-corrected chi connectivity index (χ3v) is 4.71. The number of pyridine rings is 1. The average Bonchev–Trinajstić information content (AvgIpc) is 3.22. The summed E-state index contributed by atoms with van der Waals surface area (Å²) < 4.78 is 20.8. The summed E-state index contributed by atoms with van der Waals surface area (Å²) in [6.45, 7) is 1.14. The van der Waals surface area contributed by atoms with Crippen molar-refractivity contribution in [2.45, 2.75) is 6.10 Å². The Bertz CT molecular complexity index is 964. The van der Waals surface area contributed by atoms with E-state index < -0.39 is 11.9 Å². The van der Waals surface area contributed by atoms with Gasteiger partial charge in [0.2, 0.25) is 0 Å². The normalized spacial score (nSPS) is 17.1. The number of carbonyl (C=O) groups excluding carboxylic acids is 1. The fourth-order valence-electron chi connectivity index (χ4n) is 3.03. The molecule has 1 fully saturated rings. The van der Waals surface area contributed by atoms with Gasteiger partial charge >= 0.3 is 0 Å². The van der Waals surface area contributed by atoms with Gasteiger partial charge in [-0.3, -0.25) is 9.36 Å². The van der Waals surface area contributed by atoms with Gasteiger partial charge in [0.15, 0.2) is 0 Å². The molecule has 0 aliphatic carbocycles. The van der Waals surface area contributed by atoms with E-state index in [0.29, 0.717) is 36.8 Å². The number of hydrogen-bond acceptors (Lipinski definition) is 4. The van der Waals surface area contributed by atoms with Crippen molar-refractivity contribution in [1.29, 1.82) is 0 Å². The highest BCUT2D eigenvalue weighted by atomic mass is 35.5. The van der Waals surface area contributed by atoms with E-state index >= 15 is 0 Å². The summed E-state index contributed by atoms with van der Waals surface area (Å²) in [6, 6.07) is 9.44. The summed E-state index contributed by atoms with van der Waals surface area (Å²) in [6.07, 6.45) is 4.62. The summed E-state index contributed by atoms with van der Waals surface area (Å²) in [7, 11) is 0. The first-order valence-electron chi connectivity index (χ1n) is 8.43. The van der Waals surface area contributed by atoms with Crippen molar-refractivity contribution < 1.29 is 13.9 Å². The van der Waals surface area contributed by atoms with Gasteiger partial charge < -0.3 is 9.64 Å². The van der Waals surface area contributed by atoms with Crippen LogP contribution in [0.3, 0.4) is 0 Å². The molecular formula is C19H16ClFN4O2. The SMILES string of the molecule is O=C(c1cccc(-n2ccnc2)n1)N1CCOC(c2ccc(F)cc2Cl)C1. The molecule has 1 aliphatic rings. The van der Waals surface area contributed by atoms with Gasteiger partial charge in [-0.2, -0.15) is 0 Å². The highest BCUT2D eigenvalue weighted by Crippen LogP contribution is 2.29. The predicted octanol–water partition coefficient (Wildman–Crippen LogP) is 3.27. The van der Waals surface area contributed by atoms with Crippen LogP contribution in [-0.2, 0) is 4.74 Å². The molecule has 1 aromatic carbocycles. The van der Waals surface area contributed by atoms with Crippen molar-refractivity contribution in [3.05, 3.63) is 77.2 Å². The highest BCUT2D eigenvalue weighted by Gasteiger charge is 2.28. The second kappa shape index (κ2) is 7.46. The summed E-state index contributed by atoms with van der Waals surface area (Å²) in [5, 5.41) is 0.287. The Kier molecular flexibility index (Phi) is 4.87. The molecule has 1 unspecified atom stereocenters. The largest absolute Gasteiger partial charge is 0.370 e. The van der Waals surface area contributed by atoms with Gasteiger partial charge in [0, 0.05) is 29.5 Å². The monoisotopic (exact) mass is 386 g/mol. The second-order valence-electron chi connectivity index (χ2n) is 6.13. The molecule has 1 saturated heterocycles. The molecule has 3 aromatic rings. The number of rotatable bonds is 3. The molecule has 0 saturated carbocycles. The Labute approximate surface area is 160 Å². The topological polar surface area (TPSA) is 60.2 Å². The van der Waals surface area contributed by atoms with E-state index in [0.717, 1.165) is 0 Å². The van der Waals surface area contributed by atoms with E-state index in [9.17, 15) is 9.18 Å². The van der Waals surface area contributed by atoms with E-state index in [-0.39, 0.29) is 10.9 Å². The first-order valence-corrected chi connectivity index (χ1v) is 8.81. The lowest BCUT2D eigenvalue weighted by Gasteiger charge is -2.33. The molecule has 4 rings (SSSR count). The van der Waals surface area contributed by atoms with E-state index in [1.54, 1.807) is 52.5 Å². The van der Waals surface area contributed by atoms with Crippen LogP contribution in [-0.4, -0.2) is 45.0 Å². The van der Waals surface area contributed by atoms with Crippen molar-refractivity contribution in [2.24, 2.45) is 0 Å². The molecule has 0 spiro atoms. The molecule has 0 bridgehead atoms. The summed E-state index contributed by atoms with van der Waals surface area (Å²) in [5.41, 5.74) is 1.00. The number of benzene rings is 1. The van der Waals surface area contributed by atoms with Crippen LogP contribution in [0.4, 0.5) is 4.39 Å². The zero-order chi connectivity index (χ0) is 18.8. The standard InChI is InChI=1S/C19H16ClFN4O2/c20-15-10-13(21)4-5-14(15)17-11-24(8-9-27-17)19(26)16-2-1-3-18(23-16)25-7-6-22-12-25/h1-7,10,12,17H,8-9,11H2. The number of ether oxygens (including phenoxy) is 1. The number of amides is 1. The molecule has 0 radical (unpaired) electrons. The van der Waals surface area contributed by atoms with Crippen molar-refractivity contribution in [3.63, 3.8) is 0 Å². The van der Waals surface area contributed by atoms with Gasteiger partial charge in [-0.1, -0.05) is 23.7 Å². The van der Waals surface area contributed by atoms with Crippen LogP contribution < -0.4 is 0 Å². The molecule has 0 N–H and O–H groups in total. The lowest BCUT2D eigenvalue weighted by atomic mass is 10.1. The van der Waals surface area contributed by atoms with Gasteiger partial charge in [-0.15, -0.1) is 0 Å². The lowest BCUT2D eigenvalue weighted by Crippen LogP contribution is -2.42. The van der Waals surface area contributed by atoms with Crippen LogP contribution in [0.1, 0.15) is 22.2 Å².